The van der Waals surface area contributed by atoms with Crippen LogP contribution in [-0.2, 0) is 6.54 Å². The van der Waals surface area contributed by atoms with Crippen LogP contribution in [0.3, 0.4) is 0 Å². The minimum Gasteiger partial charge on any atom is -0.357 e. The molecule has 0 radical (unpaired) electrons. The Kier molecular flexibility index (Phi) is 6.90. The van der Waals surface area contributed by atoms with Crippen LogP contribution in [0, 0.1) is 13.8 Å². The zero-order valence-corrected chi connectivity index (χ0v) is 14.9. The molecule has 0 unspecified atom stereocenters. The van der Waals surface area contributed by atoms with Gasteiger partial charge in [0.05, 0.1) is 17.2 Å². The fourth-order valence-electron chi connectivity index (χ4n) is 2.69. The standard InChI is InChI=1S/C17H28N4S/c1-4-18-17(19-11-10-15-8-6-5-7-9-15)20-12-16-13(2)21-14(3)22-16/h8H,4-7,9-12H2,1-3H3,(H2,18,19,20). The third kappa shape index (κ3) is 5.44. The van der Waals surface area contributed by atoms with Gasteiger partial charge in [0.15, 0.2) is 5.96 Å². The Morgan fingerprint density at radius 1 is 1.32 bits per heavy atom. The smallest absolute Gasteiger partial charge is 0.191 e. The van der Waals surface area contributed by atoms with E-state index < -0.39 is 0 Å². The van der Waals surface area contributed by atoms with E-state index in [4.69, 9.17) is 0 Å². The van der Waals surface area contributed by atoms with Crippen LogP contribution < -0.4 is 10.6 Å². The normalized spacial score (nSPS) is 15.6. The first kappa shape index (κ1) is 17.0. The van der Waals surface area contributed by atoms with Gasteiger partial charge in [-0.05, 0) is 52.9 Å². The van der Waals surface area contributed by atoms with Gasteiger partial charge in [0.2, 0.25) is 0 Å². The Hall–Kier alpha value is -1.36. The fourth-order valence-corrected chi connectivity index (χ4v) is 3.55. The number of aromatic nitrogens is 1. The van der Waals surface area contributed by atoms with E-state index in [9.17, 15) is 0 Å². The van der Waals surface area contributed by atoms with Crippen LogP contribution in [0.1, 0.15) is 54.6 Å². The highest BCUT2D eigenvalue weighted by molar-refractivity contribution is 7.11. The van der Waals surface area contributed by atoms with Crippen molar-refractivity contribution < 1.29 is 0 Å². The summed E-state index contributed by atoms with van der Waals surface area (Å²) in [4.78, 5) is 10.4. The molecule has 2 N–H and O–H groups in total. The Bertz CT molecular complexity index is 531. The molecule has 0 atom stereocenters. The molecule has 0 aromatic carbocycles. The number of guanidine groups is 1. The van der Waals surface area contributed by atoms with Crippen molar-refractivity contribution in [1.82, 2.24) is 15.6 Å². The largest absolute Gasteiger partial charge is 0.357 e. The summed E-state index contributed by atoms with van der Waals surface area (Å²) in [6, 6.07) is 0. The molecule has 1 aliphatic carbocycles. The first-order chi connectivity index (χ1) is 10.7. The van der Waals surface area contributed by atoms with Gasteiger partial charge in [0, 0.05) is 18.0 Å². The lowest BCUT2D eigenvalue weighted by molar-refractivity contribution is 0.665. The highest BCUT2D eigenvalue weighted by atomic mass is 32.1. The third-order valence-corrected chi connectivity index (χ3v) is 4.91. The SMILES string of the molecule is CCNC(=NCc1sc(C)nc1C)NCCC1=CCCCC1. The molecular formula is C17H28N4S. The molecule has 122 valence electrons. The van der Waals surface area contributed by atoms with Gasteiger partial charge < -0.3 is 10.6 Å². The van der Waals surface area contributed by atoms with E-state index in [1.54, 1.807) is 16.9 Å². The molecule has 5 heteroatoms. The van der Waals surface area contributed by atoms with Crippen LogP contribution in [-0.4, -0.2) is 24.0 Å². The molecule has 0 saturated heterocycles. The number of nitrogens with one attached hydrogen (secondary N) is 2. The highest BCUT2D eigenvalue weighted by Gasteiger charge is 2.06. The van der Waals surface area contributed by atoms with Crippen molar-refractivity contribution in [1.29, 1.82) is 0 Å². The van der Waals surface area contributed by atoms with Gasteiger partial charge in [-0.1, -0.05) is 11.6 Å². The van der Waals surface area contributed by atoms with Crippen molar-refractivity contribution in [2.75, 3.05) is 13.1 Å². The molecule has 1 heterocycles. The second-order valence-electron chi connectivity index (χ2n) is 5.72. The average Bonchev–Trinajstić information content (AvgIpc) is 2.84. The number of aliphatic imine (C=N–C) groups is 1. The molecule has 0 bridgehead atoms. The lowest BCUT2D eigenvalue weighted by Gasteiger charge is -2.15. The first-order valence-electron chi connectivity index (χ1n) is 8.32. The summed E-state index contributed by atoms with van der Waals surface area (Å²) in [6.45, 7) is 8.75. The molecule has 4 nitrogen and oxygen atoms in total. The van der Waals surface area contributed by atoms with Crippen LogP contribution in [0.4, 0.5) is 0 Å². The first-order valence-corrected chi connectivity index (χ1v) is 9.13. The number of hydrogen-bond donors (Lipinski definition) is 2. The molecule has 2 rings (SSSR count). The lowest BCUT2D eigenvalue weighted by atomic mass is 9.97. The summed E-state index contributed by atoms with van der Waals surface area (Å²) in [5, 5.41) is 7.88. The Morgan fingerprint density at radius 2 is 2.18 bits per heavy atom. The van der Waals surface area contributed by atoms with E-state index in [0.717, 1.165) is 36.2 Å². The summed E-state index contributed by atoms with van der Waals surface area (Å²) in [7, 11) is 0. The van der Waals surface area contributed by atoms with Gasteiger partial charge in [0.1, 0.15) is 0 Å². The molecule has 0 aliphatic heterocycles. The maximum Gasteiger partial charge on any atom is 0.191 e. The summed E-state index contributed by atoms with van der Waals surface area (Å²) < 4.78 is 0. The van der Waals surface area contributed by atoms with E-state index in [-0.39, 0.29) is 0 Å². The molecule has 1 aliphatic rings. The van der Waals surface area contributed by atoms with E-state index in [0.29, 0.717) is 6.54 Å². The Balaban J connectivity index is 1.84. The lowest BCUT2D eigenvalue weighted by Crippen LogP contribution is -2.37. The number of allylic oxidation sites excluding steroid dienone is 1. The second kappa shape index (κ2) is 8.93. The summed E-state index contributed by atoms with van der Waals surface area (Å²) in [5.74, 6) is 0.907. The monoisotopic (exact) mass is 320 g/mol. The molecule has 0 fully saturated rings. The number of nitrogens with zero attached hydrogens (tertiary/aromatic N) is 2. The zero-order chi connectivity index (χ0) is 15.8. The molecule has 1 aromatic rings. The van der Waals surface area contributed by atoms with Crippen molar-refractivity contribution in [2.24, 2.45) is 4.99 Å². The Labute approximate surface area is 138 Å². The number of thiazole rings is 1. The average molecular weight is 321 g/mol. The van der Waals surface area contributed by atoms with Crippen molar-refractivity contribution >= 4 is 17.3 Å². The van der Waals surface area contributed by atoms with Crippen molar-refractivity contribution in [3.05, 3.63) is 27.2 Å². The van der Waals surface area contributed by atoms with E-state index in [2.05, 4.69) is 40.5 Å². The third-order valence-electron chi connectivity index (χ3n) is 3.85. The fraction of sp³-hybridized carbons (Fsp3) is 0.647. The second-order valence-corrected chi connectivity index (χ2v) is 7.01. The van der Waals surface area contributed by atoms with Gasteiger partial charge >= 0.3 is 0 Å². The number of rotatable bonds is 6. The van der Waals surface area contributed by atoms with E-state index >= 15 is 0 Å². The molecule has 1 aromatic heterocycles. The number of hydrogen-bond acceptors (Lipinski definition) is 3. The molecule has 0 saturated carbocycles. The van der Waals surface area contributed by atoms with Crippen molar-refractivity contribution in [2.45, 2.75) is 59.4 Å². The van der Waals surface area contributed by atoms with Crippen LogP contribution in [0.2, 0.25) is 0 Å². The zero-order valence-electron chi connectivity index (χ0n) is 14.0. The quantitative estimate of drug-likeness (QED) is 0.477. The summed E-state index contributed by atoms with van der Waals surface area (Å²) in [5.41, 5.74) is 2.71. The van der Waals surface area contributed by atoms with Gasteiger partial charge in [-0.15, -0.1) is 11.3 Å². The summed E-state index contributed by atoms with van der Waals surface area (Å²) >= 11 is 1.74. The predicted octanol–water partition coefficient (Wildman–Crippen LogP) is 3.71. The molecule has 0 amide bonds. The van der Waals surface area contributed by atoms with Gasteiger partial charge in [-0.3, -0.25) is 0 Å². The van der Waals surface area contributed by atoms with E-state index in [1.807, 2.05) is 6.92 Å². The van der Waals surface area contributed by atoms with Gasteiger partial charge in [-0.25, -0.2) is 9.98 Å². The summed E-state index contributed by atoms with van der Waals surface area (Å²) in [6.07, 6.45) is 8.78. The number of aryl methyl sites for hydroxylation is 2. The van der Waals surface area contributed by atoms with E-state index in [1.165, 1.54) is 30.6 Å². The molecule has 22 heavy (non-hydrogen) atoms. The predicted molar refractivity (Wildman–Crippen MR) is 95.6 cm³/mol. The van der Waals surface area contributed by atoms with Gasteiger partial charge in [-0.2, -0.15) is 0 Å². The molecular weight excluding hydrogens is 292 g/mol. The van der Waals surface area contributed by atoms with Crippen molar-refractivity contribution in [3.8, 4) is 0 Å². The highest BCUT2D eigenvalue weighted by Crippen LogP contribution is 2.19. The van der Waals surface area contributed by atoms with Crippen molar-refractivity contribution in [3.63, 3.8) is 0 Å². The van der Waals surface area contributed by atoms with Crippen LogP contribution in [0.5, 0.6) is 0 Å². The van der Waals surface area contributed by atoms with Crippen LogP contribution in [0.15, 0.2) is 16.6 Å². The van der Waals surface area contributed by atoms with Crippen LogP contribution >= 0.6 is 11.3 Å². The Morgan fingerprint density at radius 3 is 2.82 bits per heavy atom. The molecule has 0 spiro atoms. The minimum atomic E-state index is 0.704. The maximum atomic E-state index is 4.69. The topological polar surface area (TPSA) is 49.3 Å². The maximum absolute atomic E-state index is 4.69. The minimum absolute atomic E-state index is 0.704. The van der Waals surface area contributed by atoms with Gasteiger partial charge in [0.25, 0.3) is 0 Å². The van der Waals surface area contributed by atoms with Crippen LogP contribution in [0.25, 0.3) is 0 Å².